The number of anilines is 1. The van der Waals surface area contributed by atoms with Crippen LogP contribution in [0.3, 0.4) is 0 Å². The van der Waals surface area contributed by atoms with Crippen LogP contribution in [0.2, 0.25) is 0 Å². The van der Waals surface area contributed by atoms with Crippen LogP contribution in [0, 0.1) is 5.82 Å². The average Bonchev–Trinajstić information content (AvgIpc) is 3.16. The summed E-state index contributed by atoms with van der Waals surface area (Å²) in [5.41, 5.74) is 5.41. The maximum atomic E-state index is 13.4. The van der Waals surface area contributed by atoms with Crippen molar-refractivity contribution in [3.63, 3.8) is 0 Å². The van der Waals surface area contributed by atoms with E-state index >= 15 is 0 Å². The highest BCUT2D eigenvalue weighted by atomic mass is 79.9. The van der Waals surface area contributed by atoms with Gasteiger partial charge in [-0.3, -0.25) is 9.32 Å². The molecule has 0 fully saturated rings. The molecule has 2 heterocycles. The first-order valence-corrected chi connectivity index (χ1v) is 7.17. The number of amides is 1. The Hall–Kier alpha value is -2.86. The van der Waals surface area contributed by atoms with E-state index in [1.165, 1.54) is 12.1 Å². The fourth-order valence-corrected chi connectivity index (χ4v) is 2.22. The lowest BCUT2D eigenvalue weighted by molar-refractivity contribution is -0.114. The monoisotopic (exact) mass is 398 g/mol. The molecule has 3 aromatic rings. The van der Waals surface area contributed by atoms with Crippen LogP contribution in [0.1, 0.15) is 0 Å². The molecule has 3 rings (SSSR count). The molecule has 2 aromatic heterocycles. The minimum absolute atomic E-state index is 0.0527. The van der Waals surface area contributed by atoms with Gasteiger partial charge in [-0.05, 0) is 44.4 Å². The number of carbonyl (C=O) groups excluding carboxylic acids is 1. The molecule has 0 bridgehead atoms. The Bertz CT molecular complexity index is 965. The number of nitrogens with one attached hydrogen (secondary N) is 1. The lowest BCUT2D eigenvalue weighted by atomic mass is 10.3. The first-order valence-electron chi connectivity index (χ1n) is 6.38. The maximum Gasteiger partial charge on any atom is 0.446 e. The third-order valence-corrected chi connectivity index (χ3v) is 3.52. The Morgan fingerprint density at radius 1 is 1.38 bits per heavy atom. The highest BCUT2D eigenvalue weighted by molar-refractivity contribution is 9.10. The summed E-state index contributed by atoms with van der Waals surface area (Å²) in [5.74, 6) is -2.08. The van der Waals surface area contributed by atoms with Crippen molar-refractivity contribution in [2.45, 2.75) is 0 Å². The van der Waals surface area contributed by atoms with E-state index < -0.39 is 17.5 Å². The molecular weight excluding hydrogens is 391 g/mol. The van der Waals surface area contributed by atoms with Crippen molar-refractivity contribution in [3.05, 3.63) is 39.0 Å². The predicted molar refractivity (Wildman–Crippen MR) is 80.7 cm³/mol. The number of nitrogens with two attached hydrogens (primary N) is 1. The van der Waals surface area contributed by atoms with Crippen LogP contribution in [0.25, 0.3) is 17.2 Å². The first kappa shape index (κ1) is 16.0. The van der Waals surface area contributed by atoms with Crippen molar-refractivity contribution in [3.8, 4) is 17.2 Å². The summed E-state index contributed by atoms with van der Waals surface area (Å²) in [6, 6.07) is 3.84. The van der Waals surface area contributed by atoms with E-state index in [9.17, 15) is 14.0 Å². The van der Waals surface area contributed by atoms with Gasteiger partial charge in [0, 0.05) is 0 Å². The molecule has 0 radical (unpaired) electrons. The Kier molecular flexibility index (Phi) is 4.22. The second kappa shape index (κ2) is 6.33. The van der Waals surface area contributed by atoms with E-state index in [1.807, 2.05) is 0 Å². The molecule has 0 atom stereocenters. The molecular formula is C12H8BrFN6O4. The molecule has 12 heteroatoms. The third kappa shape index (κ3) is 2.83. The summed E-state index contributed by atoms with van der Waals surface area (Å²) in [6.45, 7) is -0.289. The predicted octanol–water partition coefficient (Wildman–Crippen LogP) is 0.674. The van der Waals surface area contributed by atoms with Crippen LogP contribution < -0.4 is 16.8 Å². The van der Waals surface area contributed by atoms with Crippen molar-refractivity contribution in [1.29, 1.82) is 0 Å². The maximum absolute atomic E-state index is 13.4. The van der Waals surface area contributed by atoms with E-state index in [-0.39, 0.29) is 34.0 Å². The van der Waals surface area contributed by atoms with E-state index in [2.05, 4.69) is 45.9 Å². The molecule has 0 spiro atoms. The molecule has 0 aliphatic rings. The largest absolute Gasteiger partial charge is 0.446 e. The topological polar surface area (TPSA) is 142 Å². The second-order valence-electron chi connectivity index (χ2n) is 4.42. The van der Waals surface area contributed by atoms with Gasteiger partial charge < -0.3 is 11.1 Å². The van der Waals surface area contributed by atoms with Gasteiger partial charge in [0.1, 0.15) is 5.82 Å². The van der Waals surface area contributed by atoms with Crippen LogP contribution in [0.5, 0.6) is 0 Å². The molecule has 0 aliphatic heterocycles. The fraction of sp³-hybridized carbons (Fsp3) is 0.0833. The van der Waals surface area contributed by atoms with Crippen molar-refractivity contribution in [2.75, 3.05) is 11.9 Å². The summed E-state index contributed by atoms with van der Waals surface area (Å²) in [6.07, 6.45) is 0. The number of hydrogen-bond acceptors (Lipinski definition) is 8. The molecule has 0 saturated carbocycles. The van der Waals surface area contributed by atoms with Gasteiger partial charge >= 0.3 is 5.76 Å². The van der Waals surface area contributed by atoms with Crippen LogP contribution >= 0.6 is 15.9 Å². The van der Waals surface area contributed by atoms with Crippen molar-refractivity contribution >= 4 is 27.7 Å². The number of halogens is 2. The quantitative estimate of drug-likeness (QED) is 0.652. The van der Waals surface area contributed by atoms with Crippen LogP contribution in [0.4, 0.5) is 10.2 Å². The molecule has 1 aromatic carbocycles. The number of aromatic nitrogens is 4. The number of hydrogen-bond donors (Lipinski definition) is 2. The van der Waals surface area contributed by atoms with Gasteiger partial charge in [0.25, 0.3) is 0 Å². The molecule has 10 nitrogen and oxygen atoms in total. The van der Waals surface area contributed by atoms with Crippen LogP contribution in [-0.4, -0.2) is 32.5 Å². The van der Waals surface area contributed by atoms with Gasteiger partial charge in [-0.25, -0.2) is 18.4 Å². The highest BCUT2D eigenvalue weighted by Gasteiger charge is 2.23. The molecule has 3 N–H and O–H groups in total. The number of carbonyl (C=O) groups is 1. The zero-order chi connectivity index (χ0) is 17.3. The Labute approximate surface area is 140 Å². The standard InChI is InChI=1S/C12H8BrFN6O4/c13-6-3-5(1-2-7(6)14)20-11(19-23-12(20)22)9-10(18-24-17-9)16-8(21)4-15/h1-3H,4,15H2,(H,16,18,21). The minimum Gasteiger partial charge on any atom is -0.322 e. The van der Waals surface area contributed by atoms with Gasteiger partial charge in [0.05, 0.1) is 16.7 Å². The smallest absolute Gasteiger partial charge is 0.322 e. The summed E-state index contributed by atoms with van der Waals surface area (Å²) in [5, 5.41) is 13.1. The summed E-state index contributed by atoms with van der Waals surface area (Å²) < 4.78 is 23.7. The average molecular weight is 399 g/mol. The molecule has 1 amide bonds. The molecule has 0 saturated heterocycles. The van der Waals surface area contributed by atoms with Gasteiger partial charge in [0.15, 0.2) is 5.69 Å². The van der Waals surface area contributed by atoms with E-state index in [0.717, 1.165) is 10.6 Å². The second-order valence-corrected chi connectivity index (χ2v) is 5.27. The van der Waals surface area contributed by atoms with Gasteiger partial charge in [-0.15, -0.1) is 0 Å². The third-order valence-electron chi connectivity index (χ3n) is 2.91. The van der Waals surface area contributed by atoms with E-state index in [4.69, 9.17) is 5.73 Å². The normalized spacial score (nSPS) is 10.8. The Morgan fingerprint density at radius 3 is 2.88 bits per heavy atom. The van der Waals surface area contributed by atoms with Crippen molar-refractivity contribution in [1.82, 2.24) is 20.0 Å². The summed E-state index contributed by atoms with van der Waals surface area (Å²) in [4.78, 5) is 23.4. The Morgan fingerprint density at radius 2 is 2.17 bits per heavy atom. The summed E-state index contributed by atoms with van der Waals surface area (Å²) >= 11 is 3.03. The summed E-state index contributed by atoms with van der Waals surface area (Å²) in [7, 11) is 0. The van der Waals surface area contributed by atoms with Crippen molar-refractivity contribution < 1.29 is 18.3 Å². The van der Waals surface area contributed by atoms with Gasteiger partial charge in [0.2, 0.25) is 17.5 Å². The molecule has 24 heavy (non-hydrogen) atoms. The van der Waals surface area contributed by atoms with Crippen LogP contribution in [0.15, 0.2) is 36.6 Å². The van der Waals surface area contributed by atoms with E-state index in [0.29, 0.717) is 0 Å². The molecule has 0 aliphatic carbocycles. The number of nitrogens with zero attached hydrogens (tertiary/aromatic N) is 4. The number of benzene rings is 1. The lowest BCUT2D eigenvalue weighted by Crippen LogP contribution is -2.22. The van der Waals surface area contributed by atoms with Crippen molar-refractivity contribution in [2.24, 2.45) is 5.73 Å². The Balaban J connectivity index is 2.12. The molecule has 124 valence electrons. The van der Waals surface area contributed by atoms with E-state index in [1.54, 1.807) is 0 Å². The fourth-order valence-electron chi connectivity index (χ4n) is 1.85. The SMILES string of the molecule is NCC(=O)Nc1nonc1-c1noc(=O)n1-c1ccc(F)c(Br)c1. The zero-order valence-corrected chi connectivity index (χ0v) is 13.3. The minimum atomic E-state index is -0.845. The van der Waals surface area contributed by atoms with Crippen LogP contribution in [-0.2, 0) is 4.79 Å². The lowest BCUT2D eigenvalue weighted by Gasteiger charge is -2.05. The highest BCUT2D eigenvalue weighted by Crippen LogP contribution is 2.26. The first-order chi connectivity index (χ1) is 11.5. The van der Waals surface area contributed by atoms with Gasteiger partial charge in [-0.2, -0.15) is 0 Å². The number of rotatable bonds is 4. The van der Waals surface area contributed by atoms with Gasteiger partial charge in [-0.1, -0.05) is 5.16 Å². The zero-order valence-electron chi connectivity index (χ0n) is 11.7. The molecule has 0 unspecified atom stereocenters.